The van der Waals surface area contributed by atoms with Gasteiger partial charge in [0.1, 0.15) is 0 Å². The van der Waals surface area contributed by atoms with Gasteiger partial charge in [-0.2, -0.15) is 0 Å². The summed E-state index contributed by atoms with van der Waals surface area (Å²) in [6, 6.07) is 40.8. The van der Waals surface area contributed by atoms with Crippen LogP contribution in [0.2, 0.25) is 0 Å². The van der Waals surface area contributed by atoms with Crippen LogP contribution in [-0.2, 0) is 5.41 Å². The van der Waals surface area contributed by atoms with Crippen LogP contribution in [0, 0.1) is 6.92 Å². The first-order valence-electron chi connectivity index (χ1n) is 8.91. The average Bonchev–Trinajstić information content (AvgIpc) is 2.72. The largest absolute Gasteiger partial charge is 0.0701 e. The molecule has 125 valence electrons. The summed E-state index contributed by atoms with van der Waals surface area (Å²) < 4.78 is 0. The molecule has 0 saturated heterocycles. The maximum absolute atomic E-state index is 4.06. The lowest BCUT2D eigenvalue weighted by atomic mass is 9.65. The molecule has 0 amide bonds. The van der Waals surface area contributed by atoms with Gasteiger partial charge in [-0.1, -0.05) is 115 Å². The molecule has 4 aromatic carbocycles. The third kappa shape index (κ3) is 2.74. The monoisotopic (exact) mass is 333 g/mol. The van der Waals surface area contributed by atoms with Gasteiger partial charge in [-0.25, -0.2) is 0 Å². The standard InChI is InChI=1S/C26H21/c1-21-17-19-25(20-18-21)26(22-11-5-2-6-12-22,23-13-7-3-8-14-23)24-15-9-4-10-16-24/h2-20H,1H2. The molecule has 0 aliphatic rings. The summed E-state index contributed by atoms with van der Waals surface area (Å²) in [5, 5.41) is 0. The second-order valence-corrected chi connectivity index (χ2v) is 6.54. The molecule has 0 aliphatic heterocycles. The van der Waals surface area contributed by atoms with Crippen LogP contribution in [0.3, 0.4) is 0 Å². The average molecular weight is 333 g/mol. The Morgan fingerprint density at radius 3 is 1.04 bits per heavy atom. The summed E-state index contributed by atoms with van der Waals surface area (Å²) in [5.41, 5.74) is 5.68. The lowest BCUT2D eigenvalue weighted by molar-refractivity contribution is 0.745. The fourth-order valence-electron chi connectivity index (χ4n) is 3.82. The van der Waals surface area contributed by atoms with Crippen LogP contribution in [0.1, 0.15) is 27.8 Å². The zero-order valence-electron chi connectivity index (χ0n) is 14.7. The van der Waals surface area contributed by atoms with Gasteiger partial charge < -0.3 is 0 Å². The van der Waals surface area contributed by atoms with Crippen LogP contribution >= 0.6 is 0 Å². The molecule has 0 spiro atoms. The van der Waals surface area contributed by atoms with Crippen LogP contribution in [0.15, 0.2) is 115 Å². The van der Waals surface area contributed by atoms with Gasteiger partial charge >= 0.3 is 0 Å². The van der Waals surface area contributed by atoms with E-state index in [9.17, 15) is 0 Å². The Bertz CT molecular complexity index is 856. The molecule has 26 heavy (non-hydrogen) atoms. The SMILES string of the molecule is [CH2]c1ccc(C(c2ccccc2)(c2ccccc2)c2ccccc2)cc1. The Labute approximate surface area is 155 Å². The Morgan fingerprint density at radius 2 is 0.692 bits per heavy atom. The summed E-state index contributed by atoms with van der Waals surface area (Å²) >= 11 is 0. The first-order valence-corrected chi connectivity index (χ1v) is 8.91. The molecule has 0 bridgehead atoms. The van der Waals surface area contributed by atoms with Crippen molar-refractivity contribution in [3.63, 3.8) is 0 Å². The topological polar surface area (TPSA) is 0 Å². The van der Waals surface area contributed by atoms with Crippen LogP contribution in [0.5, 0.6) is 0 Å². The second kappa shape index (κ2) is 7.01. The normalized spacial score (nSPS) is 11.3. The summed E-state index contributed by atoms with van der Waals surface area (Å²) in [4.78, 5) is 0. The molecular formula is C26H21. The van der Waals surface area contributed by atoms with Crippen molar-refractivity contribution < 1.29 is 0 Å². The predicted octanol–water partition coefficient (Wildman–Crippen LogP) is 6.25. The van der Waals surface area contributed by atoms with Crippen LogP contribution < -0.4 is 0 Å². The van der Waals surface area contributed by atoms with E-state index in [0.717, 1.165) is 5.56 Å². The summed E-state index contributed by atoms with van der Waals surface area (Å²) in [7, 11) is 0. The molecule has 0 heterocycles. The molecule has 0 fully saturated rings. The maximum atomic E-state index is 4.06. The van der Waals surface area contributed by atoms with Gasteiger partial charge in [-0.15, -0.1) is 0 Å². The van der Waals surface area contributed by atoms with Gasteiger partial charge in [0.2, 0.25) is 0 Å². The van der Waals surface area contributed by atoms with Crippen molar-refractivity contribution >= 4 is 0 Å². The van der Waals surface area contributed by atoms with Crippen molar-refractivity contribution in [2.24, 2.45) is 0 Å². The van der Waals surface area contributed by atoms with E-state index in [0.29, 0.717) is 0 Å². The Kier molecular flexibility index (Phi) is 4.41. The van der Waals surface area contributed by atoms with Crippen molar-refractivity contribution in [1.82, 2.24) is 0 Å². The molecule has 0 saturated carbocycles. The second-order valence-electron chi connectivity index (χ2n) is 6.54. The third-order valence-electron chi connectivity index (χ3n) is 5.01. The molecule has 4 rings (SSSR count). The maximum Gasteiger partial charge on any atom is 0.0701 e. The minimum atomic E-state index is -0.364. The molecule has 0 atom stereocenters. The zero-order chi connectivity index (χ0) is 17.8. The highest BCUT2D eigenvalue weighted by Crippen LogP contribution is 2.44. The smallest absolute Gasteiger partial charge is 0.0622 e. The van der Waals surface area contributed by atoms with Crippen molar-refractivity contribution in [3.8, 4) is 0 Å². The van der Waals surface area contributed by atoms with Gasteiger partial charge in [0.05, 0.1) is 5.41 Å². The van der Waals surface area contributed by atoms with E-state index < -0.39 is 0 Å². The van der Waals surface area contributed by atoms with E-state index in [1.165, 1.54) is 22.3 Å². The van der Waals surface area contributed by atoms with Crippen molar-refractivity contribution in [1.29, 1.82) is 0 Å². The lowest BCUT2D eigenvalue weighted by Crippen LogP contribution is -2.30. The van der Waals surface area contributed by atoms with Gasteiger partial charge in [0, 0.05) is 0 Å². The predicted molar refractivity (Wildman–Crippen MR) is 109 cm³/mol. The fourth-order valence-corrected chi connectivity index (χ4v) is 3.82. The highest BCUT2D eigenvalue weighted by atomic mass is 14.4. The lowest BCUT2D eigenvalue weighted by Gasteiger charge is -2.36. The summed E-state index contributed by atoms with van der Waals surface area (Å²) in [5.74, 6) is 0. The Morgan fingerprint density at radius 1 is 0.385 bits per heavy atom. The minimum absolute atomic E-state index is 0.364. The highest BCUT2D eigenvalue weighted by molar-refractivity contribution is 5.59. The molecule has 0 heteroatoms. The number of benzene rings is 4. The van der Waals surface area contributed by atoms with E-state index >= 15 is 0 Å². The molecular weight excluding hydrogens is 312 g/mol. The number of hydrogen-bond donors (Lipinski definition) is 0. The Balaban J connectivity index is 2.12. The van der Waals surface area contributed by atoms with E-state index in [1.807, 2.05) is 0 Å². The zero-order valence-corrected chi connectivity index (χ0v) is 14.7. The number of rotatable bonds is 4. The van der Waals surface area contributed by atoms with E-state index in [2.05, 4.69) is 122 Å². The molecule has 1 radical (unpaired) electrons. The van der Waals surface area contributed by atoms with E-state index in [-0.39, 0.29) is 5.41 Å². The molecule has 0 aromatic heterocycles. The van der Waals surface area contributed by atoms with Gasteiger partial charge in [-0.05, 0) is 34.7 Å². The van der Waals surface area contributed by atoms with Crippen LogP contribution in [-0.4, -0.2) is 0 Å². The van der Waals surface area contributed by atoms with E-state index in [4.69, 9.17) is 0 Å². The van der Waals surface area contributed by atoms with E-state index in [1.54, 1.807) is 0 Å². The van der Waals surface area contributed by atoms with Gasteiger partial charge in [0.15, 0.2) is 0 Å². The molecule has 0 aliphatic carbocycles. The molecule has 0 unspecified atom stereocenters. The fraction of sp³-hybridized carbons (Fsp3) is 0.0385. The molecule has 4 aromatic rings. The molecule has 0 N–H and O–H groups in total. The van der Waals surface area contributed by atoms with Gasteiger partial charge in [-0.3, -0.25) is 0 Å². The van der Waals surface area contributed by atoms with Crippen LogP contribution in [0.4, 0.5) is 0 Å². The first-order chi connectivity index (χ1) is 12.8. The Hall–Kier alpha value is -3.12. The summed E-state index contributed by atoms with van der Waals surface area (Å²) in [6.07, 6.45) is 0. The quantitative estimate of drug-likeness (QED) is 0.387. The van der Waals surface area contributed by atoms with Crippen molar-refractivity contribution in [2.75, 3.05) is 0 Å². The first kappa shape index (κ1) is 16.4. The van der Waals surface area contributed by atoms with Crippen molar-refractivity contribution in [2.45, 2.75) is 5.41 Å². The van der Waals surface area contributed by atoms with Gasteiger partial charge in [0.25, 0.3) is 0 Å². The highest BCUT2D eigenvalue weighted by Gasteiger charge is 2.37. The summed E-state index contributed by atoms with van der Waals surface area (Å²) in [6.45, 7) is 4.06. The number of hydrogen-bond acceptors (Lipinski definition) is 0. The van der Waals surface area contributed by atoms with Crippen molar-refractivity contribution in [3.05, 3.63) is 150 Å². The third-order valence-corrected chi connectivity index (χ3v) is 5.01. The minimum Gasteiger partial charge on any atom is -0.0622 e. The van der Waals surface area contributed by atoms with Crippen LogP contribution in [0.25, 0.3) is 0 Å². The molecule has 0 nitrogen and oxygen atoms in total.